The van der Waals surface area contributed by atoms with Crippen molar-refractivity contribution < 1.29 is 9.79 Å². The van der Waals surface area contributed by atoms with Crippen molar-refractivity contribution in [3.63, 3.8) is 0 Å². The van der Waals surface area contributed by atoms with Crippen molar-refractivity contribution in [1.29, 1.82) is 0 Å². The molecule has 15 heavy (non-hydrogen) atoms. The molecule has 0 radical (unpaired) electrons. The molecule has 0 aliphatic rings. The van der Waals surface area contributed by atoms with E-state index in [0.717, 1.165) is 12.8 Å². The summed E-state index contributed by atoms with van der Waals surface area (Å²) in [5.74, 6) is 0. The van der Waals surface area contributed by atoms with E-state index in [-0.39, 0.29) is 0 Å². The van der Waals surface area contributed by atoms with Gasteiger partial charge in [-0.2, -0.15) is 0 Å². The van der Waals surface area contributed by atoms with E-state index in [1.807, 2.05) is 0 Å². The third-order valence-electron chi connectivity index (χ3n) is 2.66. The van der Waals surface area contributed by atoms with Crippen LogP contribution in [0.2, 0.25) is 0 Å². The zero-order valence-corrected chi connectivity index (χ0v) is 11.6. The summed E-state index contributed by atoms with van der Waals surface area (Å²) in [6.45, 7) is 5.44. The van der Waals surface area contributed by atoms with Crippen molar-refractivity contribution in [2.75, 3.05) is 19.5 Å². The van der Waals surface area contributed by atoms with Crippen molar-refractivity contribution in [2.24, 2.45) is 0 Å². The molecule has 0 rings (SSSR count). The minimum absolute atomic E-state index is 0.598. The Hall–Kier alpha value is 0.350. The van der Waals surface area contributed by atoms with Gasteiger partial charge < -0.3 is 0 Å². The Kier molecular flexibility index (Phi) is 6.99. The Bertz CT molecular complexity index is 151. The van der Waals surface area contributed by atoms with E-state index in [1.54, 1.807) is 13.3 Å². The number of rotatable bonds is 9. The van der Waals surface area contributed by atoms with E-state index in [4.69, 9.17) is 0 Å². The molecule has 3 heteroatoms. The molecule has 94 valence electrons. The Morgan fingerprint density at radius 3 is 1.53 bits per heavy atom. The van der Waals surface area contributed by atoms with E-state index in [9.17, 15) is 9.79 Å². The van der Waals surface area contributed by atoms with Gasteiger partial charge in [0.05, 0.1) is 0 Å². The Morgan fingerprint density at radius 2 is 1.13 bits per heavy atom. The molecule has 0 spiro atoms. The van der Waals surface area contributed by atoms with Crippen molar-refractivity contribution in [1.82, 2.24) is 0 Å². The topological polar surface area (TPSA) is 40.5 Å². The van der Waals surface area contributed by atoms with Gasteiger partial charge in [0.25, 0.3) is 0 Å². The predicted molar refractivity (Wildman–Crippen MR) is 70.7 cm³/mol. The molecular weight excluding hydrogens is 207 g/mol. The first kappa shape index (κ1) is 15.3. The molecule has 2 N–H and O–H groups in total. The molecule has 2 nitrogen and oxygen atoms in total. The molecule has 0 saturated carbocycles. The standard InChI is InChI=1S/C12H29O2P/c1-4-5-6-7-8-9-10-11-12-15(2,3,13)14/h13-14H,4-12H2,1-3H3. The van der Waals surface area contributed by atoms with Gasteiger partial charge in [-0.25, -0.2) is 0 Å². The molecule has 0 fully saturated rings. The van der Waals surface area contributed by atoms with E-state index >= 15 is 0 Å². The molecule has 0 atom stereocenters. The van der Waals surface area contributed by atoms with Crippen LogP contribution in [0.5, 0.6) is 0 Å². The monoisotopic (exact) mass is 236 g/mol. The summed E-state index contributed by atoms with van der Waals surface area (Å²) in [4.78, 5) is 19.3. The van der Waals surface area contributed by atoms with E-state index in [1.165, 1.54) is 38.5 Å². The van der Waals surface area contributed by atoms with Crippen LogP contribution in [0.3, 0.4) is 0 Å². The molecule has 0 bridgehead atoms. The van der Waals surface area contributed by atoms with E-state index < -0.39 is 7.06 Å². The number of unbranched alkanes of at least 4 members (excludes halogenated alkanes) is 7. The van der Waals surface area contributed by atoms with Gasteiger partial charge in [-0.1, -0.05) is 0 Å². The summed E-state index contributed by atoms with van der Waals surface area (Å²) in [7, 11) is -3.19. The number of hydrogen-bond acceptors (Lipinski definition) is 2. The van der Waals surface area contributed by atoms with Crippen molar-refractivity contribution in [2.45, 2.75) is 58.3 Å². The van der Waals surface area contributed by atoms with Gasteiger partial charge in [0, 0.05) is 0 Å². The maximum atomic E-state index is 9.64. The fraction of sp³-hybridized carbons (Fsp3) is 1.00. The minimum atomic E-state index is -3.19. The van der Waals surface area contributed by atoms with Crippen LogP contribution >= 0.6 is 7.06 Å². The number of hydrogen-bond donors (Lipinski definition) is 2. The Morgan fingerprint density at radius 1 is 0.733 bits per heavy atom. The van der Waals surface area contributed by atoms with Crippen LogP contribution in [0.1, 0.15) is 58.3 Å². The van der Waals surface area contributed by atoms with Gasteiger partial charge in [0.1, 0.15) is 0 Å². The third-order valence-corrected chi connectivity index (χ3v) is 4.27. The molecule has 0 unspecified atom stereocenters. The molecule has 0 saturated heterocycles. The third kappa shape index (κ3) is 14.4. The summed E-state index contributed by atoms with van der Waals surface area (Å²) in [5, 5.41) is 0. The average Bonchev–Trinajstić information content (AvgIpc) is 2.07. The van der Waals surface area contributed by atoms with Gasteiger partial charge in [-0.15, -0.1) is 0 Å². The zero-order valence-electron chi connectivity index (χ0n) is 10.7. The van der Waals surface area contributed by atoms with Crippen LogP contribution in [0, 0.1) is 0 Å². The van der Waals surface area contributed by atoms with Gasteiger partial charge in [0.15, 0.2) is 0 Å². The summed E-state index contributed by atoms with van der Waals surface area (Å²) < 4.78 is 0. The summed E-state index contributed by atoms with van der Waals surface area (Å²) in [6.07, 6.45) is 10.6. The average molecular weight is 236 g/mol. The van der Waals surface area contributed by atoms with Crippen LogP contribution in [0.15, 0.2) is 0 Å². The fourth-order valence-electron chi connectivity index (χ4n) is 1.70. The summed E-state index contributed by atoms with van der Waals surface area (Å²) in [6, 6.07) is 0. The second-order valence-corrected chi connectivity index (χ2v) is 10.4. The van der Waals surface area contributed by atoms with Crippen LogP contribution in [0.4, 0.5) is 0 Å². The molecule has 0 aliphatic carbocycles. The normalized spacial score (nSPS) is 14.9. The molecule has 0 aromatic rings. The van der Waals surface area contributed by atoms with Crippen molar-refractivity contribution >= 4 is 7.06 Å². The van der Waals surface area contributed by atoms with Crippen LogP contribution in [-0.2, 0) is 0 Å². The first-order chi connectivity index (χ1) is 6.81. The SMILES string of the molecule is CCCCCCCCCCP(C)(C)(O)O. The van der Waals surface area contributed by atoms with Crippen molar-refractivity contribution in [3.05, 3.63) is 0 Å². The van der Waals surface area contributed by atoms with Gasteiger partial charge in [-0.3, -0.25) is 0 Å². The van der Waals surface area contributed by atoms with E-state index in [2.05, 4.69) is 6.92 Å². The Labute approximate surface area is 95.2 Å². The molecule has 0 aromatic carbocycles. The summed E-state index contributed by atoms with van der Waals surface area (Å²) >= 11 is 0. The van der Waals surface area contributed by atoms with Crippen LogP contribution in [0.25, 0.3) is 0 Å². The van der Waals surface area contributed by atoms with Crippen LogP contribution in [-0.4, -0.2) is 29.3 Å². The fourth-order valence-corrected chi connectivity index (χ4v) is 2.84. The maximum absolute atomic E-state index is 9.64. The van der Waals surface area contributed by atoms with E-state index in [0.29, 0.717) is 6.16 Å². The first-order valence-corrected chi connectivity index (χ1v) is 9.54. The Balaban J connectivity index is 3.19. The van der Waals surface area contributed by atoms with Gasteiger partial charge in [0.2, 0.25) is 0 Å². The summed E-state index contributed by atoms with van der Waals surface area (Å²) in [5.41, 5.74) is 0. The molecular formula is C12H29O2P. The van der Waals surface area contributed by atoms with Crippen LogP contribution < -0.4 is 0 Å². The molecule has 0 amide bonds. The van der Waals surface area contributed by atoms with Gasteiger partial charge >= 0.3 is 94.6 Å². The predicted octanol–water partition coefficient (Wildman–Crippen LogP) is 3.75. The molecule has 0 aliphatic heterocycles. The quantitative estimate of drug-likeness (QED) is 0.473. The van der Waals surface area contributed by atoms with Gasteiger partial charge in [-0.05, 0) is 0 Å². The second-order valence-electron chi connectivity index (χ2n) is 5.45. The molecule has 0 heterocycles. The first-order valence-electron chi connectivity index (χ1n) is 6.32. The second kappa shape index (κ2) is 6.83. The van der Waals surface area contributed by atoms with Crippen molar-refractivity contribution in [3.8, 4) is 0 Å². The molecule has 0 aromatic heterocycles. The zero-order chi connectivity index (χ0) is 11.8.